The quantitative estimate of drug-likeness (QED) is 0.774. The number of nitrogens with two attached hydrogens (primary N) is 1. The second-order valence-corrected chi connectivity index (χ2v) is 5.47. The molecule has 1 unspecified atom stereocenters. The lowest BCUT2D eigenvalue weighted by atomic mass is 10.1. The van der Waals surface area contributed by atoms with Crippen molar-refractivity contribution in [3.05, 3.63) is 29.8 Å². The molecule has 1 aromatic rings. The number of aliphatic imine (C=N–C) groups is 1. The molecule has 0 bridgehead atoms. The number of nitrogens with one attached hydrogen (secondary N) is 1. The number of hydrogen-bond acceptors (Lipinski definition) is 4. The minimum Gasteiger partial charge on any atom is -0.328 e. The molecule has 3 N–H and O–H groups in total. The average molecular weight is 253 g/mol. The maximum atomic E-state index is 11.7. The lowest BCUT2D eigenvalue weighted by Gasteiger charge is -2.25. The summed E-state index contributed by atoms with van der Waals surface area (Å²) in [4.78, 5) is 13.4. The van der Waals surface area contributed by atoms with Crippen LogP contribution in [0.3, 0.4) is 0 Å². The molecule has 17 heavy (non-hydrogen) atoms. The molecule has 0 saturated heterocycles. The van der Waals surface area contributed by atoms with E-state index in [2.05, 4.69) is 10.3 Å². The Labute approximate surface area is 98.6 Å². The number of fused-ring (bicyclic) bond motifs is 1. The van der Waals surface area contributed by atoms with Crippen molar-refractivity contribution in [3.63, 3.8) is 0 Å². The van der Waals surface area contributed by atoms with Gasteiger partial charge in [-0.2, -0.15) is 0 Å². The van der Waals surface area contributed by atoms with Gasteiger partial charge >= 0.3 is 0 Å². The Balaban J connectivity index is 2.68. The van der Waals surface area contributed by atoms with Gasteiger partial charge in [-0.3, -0.25) is 9.79 Å². The van der Waals surface area contributed by atoms with E-state index in [-0.39, 0.29) is 0 Å². The summed E-state index contributed by atoms with van der Waals surface area (Å²) in [5, 5.41) is 7.56. The van der Waals surface area contributed by atoms with Crippen molar-refractivity contribution in [2.24, 2.45) is 10.1 Å². The molecule has 90 valence electrons. The van der Waals surface area contributed by atoms with Crippen LogP contribution in [0.1, 0.15) is 12.5 Å². The lowest BCUT2D eigenvalue weighted by Crippen LogP contribution is -2.54. The number of carbonyl (C=O) groups is 1. The third kappa shape index (κ3) is 1.73. The molecule has 6 nitrogen and oxygen atoms in total. The van der Waals surface area contributed by atoms with E-state index in [4.69, 9.17) is 5.14 Å². The Morgan fingerprint density at radius 3 is 2.65 bits per heavy atom. The highest BCUT2D eigenvalue weighted by atomic mass is 32.2. The van der Waals surface area contributed by atoms with E-state index in [0.29, 0.717) is 11.3 Å². The Morgan fingerprint density at radius 1 is 1.41 bits per heavy atom. The van der Waals surface area contributed by atoms with Crippen molar-refractivity contribution in [1.82, 2.24) is 5.32 Å². The summed E-state index contributed by atoms with van der Waals surface area (Å²) in [7, 11) is -4.05. The van der Waals surface area contributed by atoms with Gasteiger partial charge in [0.1, 0.15) is 0 Å². The van der Waals surface area contributed by atoms with Gasteiger partial charge in [0.15, 0.2) is 0 Å². The van der Waals surface area contributed by atoms with Crippen molar-refractivity contribution in [2.75, 3.05) is 0 Å². The number of benzene rings is 1. The number of rotatable bonds is 2. The second-order valence-electron chi connectivity index (χ2n) is 3.74. The van der Waals surface area contributed by atoms with Crippen LogP contribution < -0.4 is 10.5 Å². The zero-order valence-corrected chi connectivity index (χ0v) is 9.86. The molecular formula is C10H11N3O3S. The lowest BCUT2D eigenvalue weighted by molar-refractivity contribution is -0.119. The topological polar surface area (TPSA) is 102 Å². The number of primary sulfonamides is 1. The van der Waals surface area contributed by atoms with Gasteiger partial charge in [-0.05, 0) is 6.07 Å². The van der Waals surface area contributed by atoms with Gasteiger partial charge in [-0.1, -0.05) is 18.2 Å². The Morgan fingerprint density at radius 2 is 2.06 bits per heavy atom. The maximum Gasteiger partial charge on any atom is 0.243 e. The third-order valence-electron chi connectivity index (χ3n) is 2.50. The largest absolute Gasteiger partial charge is 0.328 e. The monoisotopic (exact) mass is 253 g/mol. The summed E-state index contributed by atoms with van der Waals surface area (Å²) in [6, 6.07) is 6.61. The summed E-state index contributed by atoms with van der Waals surface area (Å²) in [5.74, 6) is -0.498. The van der Waals surface area contributed by atoms with Crippen LogP contribution in [-0.2, 0) is 19.7 Å². The van der Waals surface area contributed by atoms with Crippen LogP contribution in [0.15, 0.2) is 29.3 Å². The van der Waals surface area contributed by atoms with E-state index in [1.54, 1.807) is 24.3 Å². The summed E-state index contributed by atoms with van der Waals surface area (Å²) in [6.45, 7) is 1.22. The van der Waals surface area contributed by atoms with Crippen LogP contribution in [0.2, 0.25) is 0 Å². The number of hydrogen-bond donors (Lipinski definition) is 2. The average Bonchev–Trinajstić information content (AvgIpc) is 2.57. The van der Waals surface area contributed by atoms with Gasteiger partial charge < -0.3 is 5.32 Å². The molecule has 0 fully saturated rings. The molecule has 1 amide bonds. The summed E-state index contributed by atoms with van der Waals surface area (Å²) < 4.78 is 23.5. The highest BCUT2D eigenvalue weighted by Gasteiger charge is 2.47. The van der Waals surface area contributed by atoms with Gasteiger partial charge in [-0.25, -0.2) is 13.6 Å². The van der Waals surface area contributed by atoms with Crippen LogP contribution in [0.25, 0.3) is 0 Å². The third-order valence-corrected chi connectivity index (χ3v) is 3.83. The molecule has 7 heteroatoms. The molecule has 1 aliphatic heterocycles. The standard InChI is InChI=1S/C10H11N3O3S/c1-7(14)13-10(17(11,15)16)6-12-9-5-3-2-4-8(9)10/h2-6H,1H3,(H,13,14)(H2,11,15,16). The predicted octanol–water partition coefficient (Wildman–Crippen LogP) is -0.0201. The smallest absolute Gasteiger partial charge is 0.243 e. The van der Waals surface area contributed by atoms with Crippen molar-refractivity contribution in [1.29, 1.82) is 0 Å². The summed E-state index contributed by atoms with van der Waals surface area (Å²) >= 11 is 0. The number of nitrogens with zero attached hydrogens (tertiary/aromatic N) is 1. The van der Waals surface area contributed by atoms with Crippen molar-refractivity contribution in [3.8, 4) is 0 Å². The highest BCUT2D eigenvalue weighted by molar-refractivity contribution is 7.90. The zero-order valence-electron chi connectivity index (χ0n) is 9.04. The highest BCUT2D eigenvalue weighted by Crippen LogP contribution is 2.37. The summed E-state index contributed by atoms with van der Waals surface area (Å²) in [5.41, 5.74) is 0.841. The molecule has 1 atom stereocenters. The van der Waals surface area contributed by atoms with Crippen LogP contribution in [0.4, 0.5) is 5.69 Å². The molecule has 0 spiro atoms. The molecule has 0 aromatic heterocycles. The Hall–Kier alpha value is -1.73. The van der Waals surface area contributed by atoms with E-state index in [1.165, 1.54) is 6.92 Å². The van der Waals surface area contributed by atoms with Crippen molar-refractivity contribution >= 4 is 27.8 Å². The van der Waals surface area contributed by atoms with Crippen molar-refractivity contribution < 1.29 is 13.2 Å². The maximum absolute atomic E-state index is 11.7. The van der Waals surface area contributed by atoms with Gasteiger partial charge in [0, 0.05) is 12.5 Å². The molecule has 1 aromatic carbocycles. The fourth-order valence-corrected chi connectivity index (χ4v) is 2.75. The van der Waals surface area contributed by atoms with Crippen LogP contribution in [0, 0.1) is 0 Å². The Bertz CT molecular complexity index is 609. The first-order valence-corrected chi connectivity index (χ1v) is 6.37. The van der Waals surface area contributed by atoms with Gasteiger partial charge in [0.05, 0.1) is 11.9 Å². The molecule has 0 saturated carbocycles. The number of carbonyl (C=O) groups excluding carboxylic acids is 1. The zero-order chi connectivity index (χ0) is 12.7. The van der Waals surface area contributed by atoms with Crippen molar-refractivity contribution in [2.45, 2.75) is 11.8 Å². The minimum atomic E-state index is -4.05. The van der Waals surface area contributed by atoms with E-state index >= 15 is 0 Å². The van der Waals surface area contributed by atoms with Crippen LogP contribution >= 0.6 is 0 Å². The van der Waals surface area contributed by atoms with E-state index < -0.39 is 20.8 Å². The predicted molar refractivity (Wildman–Crippen MR) is 63.2 cm³/mol. The first-order valence-electron chi connectivity index (χ1n) is 4.83. The number of para-hydroxylation sites is 1. The number of sulfonamides is 1. The van der Waals surface area contributed by atoms with Gasteiger partial charge in [-0.15, -0.1) is 0 Å². The van der Waals surface area contributed by atoms with Crippen LogP contribution in [-0.4, -0.2) is 20.5 Å². The van der Waals surface area contributed by atoms with E-state index in [9.17, 15) is 13.2 Å². The SMILES string of the molecule is CC(=O)NC1(S(N)(=O)=O)C=Nc2ccccc21. The summed E-state index contributed by atoms with van der Waals surface area (Å²) in [6.07, 6.45) is 1.15. The molecule has 1 heterocycles. The van der Waals surface area contributed by atoms with E-state index in [1.807, 2.05) is 0 Å². The van der Waals surface area contributed by atoms with Gasteiger partial charge in [0.2, 0.25) is 20.8 Å². The van der Waals surface area contributed by atoms with Crippen LogP contribution in [0.5, 0.6) is 0 Å². The molecule has 0 aliphatic carbocycles. The molecule has 2 rings (SSSR count). The fourth-order valence-electron chi connectivity index (χ4n) is 1.79. The minimum absolute atomic E-state index is 0.359. The first kappa shape index (κ1) is 11.7. The van der Waals surface area contributed by atoms with E-state index in [0.717, 1.165) is 6.21 Å². The molecule has 0 radical (unpaired) electrons. The normalized spacial score (nSPS) is 22.2. The molecular weight excluding hydrogens is 242 g/mol. The number of amides is 1. The first-order chi connectivity index (χ1) is 7.87. The second kappa shape index (κ2) is 3.64. The fraction of sp³-hybridized carbons (Fsp3) is 0.200. The Kier molecular flexibility index (Phi) is 2.52. The van der Waals surface area contributed by atoms with Gasteiger partial charge in [0.25, 0.3) is 0 Å². The molecule has 1 aliphatic rings.